The van der Waals surface area contributed by atoms with Gasteiger partial charge in [0.1, 0.15) is 0 Å². The second kappa shape index (κ2) is 8.54. The van der Waals surface area contributed by atoms with Crippen molar-refractivity contribution in [2.75, 3.05) is 0 Å². The molecule has 5 aliphatic heterocycles. The van der Waals surface area contributed by atoms with Crippen LogP contribution in [0.1, 0.15) is 87.6 Å². The fraction of sp³-hybridized carbons (Fsp3) is 0.194. The molecule has 194 valence electrons. The highest BCUT2D eigenvalue weighted by Crippen LogP contribution is 2.47. The summed E-state index contributed by atoms with van der Waals surface area (Å²) < 4.78 is 0. The second-order valence-corrected chi connectivity index (χ2v) is 11.6. The van der Waals surface area contributed by atoms with E-state index < -0.39 is 0 Å². The summed E-state index contributed by atoms with van der Waals surface area (Å²) in [4.78, 5) is 5.31. The minimum absolute atomic E-state index is 0.0209. The molecule has 0 amide bonds. The van der Waals surface area contributed by atoms with E-state index in [4.69, 9.17) is 4.99 Å². The van der Waals surface area contributed by atoms with Crippen molar-refractivity contribution in [3.05, 3.63) is 154 Å². The van der Waals surface area contributed by atoms with Gasteiger partial charge >= 0.3 is 0 Å². The number of benzene rings is 4. The predicted octanol–water partition coefficient (Wildman–Crippen LogP) is 7.08. The van der Waals surface area contributed by atoms with Crippen molar-refractivity contribution < 1.29 is 0 Å². The van der Waals surface area contributed by atoms with Crippen LogP contribution in [-0.4, -0.2) is 5.71 Å². The first-order valence-electron chi connectivity index (χ1n) is 14.5. The van der Waals surface area contributed by atoms with E-state index in [2.05, 4.69) is 125 Å². The van der Waals surface area contributed by atoms with Gasteiger partial charge in [0, 0.05) is 40.2 Å². The van der Waals surface area contributed by atoms with Gasteiger partial charge in [-0.05, 0) is 52.8 Å². The Balaban J connectivity index is 1.24. The molecule has 5 unspecified atom stereocenters. The van der Waals surface area contributed by atoms with E-state index in [0.717, 1.165) is 18.6 Å². The van der Waals surface area contributed by atoms with E-state index >= 15 is 0 Å². The van der Waals surface area contributed by atoms with Gasteiger partial charge in [-0.1, -0.05) is 97.1 Å². The average Bonchev–Trinajstić information content (AvgIpc) is 3.73. The van der Waals surface area contributed by atoms with Gasteiger partial charge in [-0.2, -0.15) is 0 Å². The van der Waals surface area contributed by atoms with E-state index in [9.17, 15) is 0 Å². The van der Waals surface area contributed by atoms with Gasteiger partial charge in [0.05, 0.1) is 23.8 Å². The molecule has 40 heavy (non-hydrogen) atoms. The molecule has 0 aliphatic carbocycles. The zero-order chi connectivity index (χ0) is 26.2. The molecule has 0 saturated carbocycles. The fourth-order valence-electron chi connectivity index (χ4n) is 7.65. The number of nitrogens with one attached hydrogen (secondary N) is 3. The molecule has 4 heteroatoms. The molecule has 9 rings (SSSR count). The first-order chi connectivity index (χ1) is 19.8. The number of aliphatic imine (C=N–C) groups is 1. The molecule has 5 heterocycles. The molecule has 5 aliphatic rings. The van der Waals surface area contributed by atoms with Gasteiger partial charge in [0.25, 0.3) is 0 Å². The van der Waals surface area contributed by atoms with Gasteiger partial charge in [0.2, 0.25) is 0 Å². The first-order valence-corrected chi connectivity index (χ1v) is 14.5. The lowest BCUT2D eigenvalue weighted by molar-refractivity contribution is 0.394. The Hall–Kier alpha value is -4.41. The van der Waals surface area contributed by atoms with Gasteiger partial charge in [0.15, 0.2) is 0 Å². The van der Waals surface area contributed by atoms with Crippen molar-refractivity contribution in [2.45, 2.75) is 43.1 Å². The van der Waals surface area contributed by atoms with Crippen LogP contribution in [0.4, 0.5) is 0 Å². The van der Waals surface area contributed by atoms with Crippen LogP contribution < -0.4 is 16.0 Å². The van der Waals surface area contributed by atoms with Crippen molar-refractivity contribution in [1.82, 2.24) is 16.0 Å². The van der Waals surface area contributed by atoms with Crippen molar-refractivity contribution in [1.29, 1.82) is 0 Å². The number of fused-ring (bicyclic) bond motifs is 19. The monoisotopic (exact) mass is 518 g/mol. The summed E-state index contributed by atoms with van der Waals surface area (Å²) in [5.41, 5.74) is 14.1. The smallest absolute Gasteiger partial charge is 0.0967 e. The maximum absolute atomic E-state index is 5.31. The normalized spacial score (nSPS) is 29.4. The zero-order valence-electron chi connectivity index (χ0n) is 22.1. The van der Waals surface area contributed by atoms with E-state index in [1.165, 1.54) is 55.9 Å². The van der Waals surface area contributed by atoms with Crippen molar-refractivity contribution in [3.8, 4) is 0 Å². The Morgan fingerprint density at radius 1 is 0.500 bits per heavy atom. The highest BCUT2D eigenvalue weighted by atomic mass is 15.0. The van der Waals surface area contributed by atoms with Crippen LogP contribution in [0.15, 0.2) is 114 Å². The summed E-state index contributed by atoms with van der Waals surface area (Å²) >= 11 is 0. The molecule has 5 atom stereocenters. The third-order valence-corrected chi connectivity index (χ3v) is 9.44. The SMILES string of the molecule is C1=C2\NC(CC3NC(CC4N/C(=C\C5N=C/1c1ccccc15)c1ccccc14)c1ccccc13)c1ccccc12. The quantitative estimate of drug-likeness (QED) is 0.233. The summed E-state index contributed by atoms with van der Waals surface area (Å²) in [6.45, 7) is 0. The Morgan fingerprint density at radius 3 is 1.65 bits per heavy atom. The van der Waals surface area contributed by atoms with E-state index in [1.54, 1.807) is 0 Å². The lowest BCUT2D eigenvalue weighted by Gasteiger charge is -2.22. The number of rotatable bonds is 0. The number of allylic oxidation sites excluding steroid dienone is 1. The molecule has 4 aromatic rings. The molecule has 3 N–H and O–H groups in total. The summed E-state index contributed by atoms with van der Waals surface area (Å²) in [6, 6.07) is 36.5. The largest absolute Gasteiger partial charge is 0.378 e. The van der Waals surface area contributed by atoms with Crippen LogP contribution in [0.25, 0.3) is 11.4 Å². The number of hydrogen-bond acceptors (Lipinski definition) is 4. The average molecular weight is 519 g/mol. The summed E-state index contributed by atoms with van der Waals surface area (Å²) in [5, 5.41) is 11.9. The van der Waals surface area contributed by atoms with Crippen LogP contribution in [0, 0.1) is 0 Å². The van der Waals surface area contributed by atoms with E-state index in [0.29, 0.717) is 12.1 Å². The fourth-order valence-corrected chi connectivity index (χ4v) is 7.65. The third kappa shape index (κ3) is 3.32. The number of hydrogen-bond donors (Lipinski definition) is 3. The molecule has 4 nitrogen and oxygen atoms in total. The molecule has 4 aromatic carbocycles. The topological polar surface area (TPSA) is 48.4 Å². The lowest BCUT2D eigenvalue weighted by Crippen LogP contribution is -2.25. The summed E-state index contributed by atoms with van der Waals surface area (Å²) in [6.07, 6.45) is 6.61. The minimum Gasteiger partial charge on any atom is -0.378 e. The third-order valence-electron chi connectivity index (χ3n) is 9.44. The van der Waals surface area contributed by atoms with Crippen molar-refractivity contribution in [2.24, 2.45) is 4.99 Å². The molecule has 0 aromatic heterocycles. The molecular formula is C36H30N4. The van der Waals surface area contributed by atoms with Crippen LogP contribution in [0.2, 0.25) is 0 Å². The Bertz CT molecular complexity index is 1780. The standard InChI is InChI=1S/C36H30N4/c1-2-10-22-21(9-1)29-17-31-23-11-3-4-12-24(23)33(38-31)19-35-27-15-7-8-16-28(27)36(40-35)20-34-26-14-6-5-13-25(26)32(39-34)18-30(22)37-29/h1-18,29,33-36,38-40H,19-20H2/b31-17-,32-18-. The summed E-state index contributed by atoms with van der Waals surface area (Å²) in [7, 11) is 0. The molecule has 8 bridgehead atoms. The number of nitrogens with zero attached hydrogens (tertiary/aromatic N) is 1. The Morgan fingerprint density at radius 2 is 1.00 bits per heavy atom. The molecule has 0 radical (unpaired) electrons. The van der Waals surface area contributed by atoms with Gasteiger partial charge in [-0.15, -0.1) is 0 Å². The van der Waals surface area contributed by atoms with Crippen LogP contribution in [0.5, 0.6) is 0 Å². The van der Waals surface area contributed by atoms with Crippen molar-refractivity contribution in [3.63, 3.8) is 0 Å². The van der Waals surface area contributed by atoms with Crippen LogP contribution >= 0.6 is 0 Å². The highest BCUT2D eigenvalue weighted by Gasteiger charge is 2.38. The van der Waals surface area contributed by atoms with E-state index in [-0.39, 0.29) is 18.1 Å². The van der Waals surface area contributed by atoms with Gasteiger partial charge in [-0.25, -0.2) is 0 Å². The minimum atomic E-state index is -0.0209. The predicted molar refractivity (Wildman–Crippen MR) is 161 cm³/mol. The molecule has 0 fully saturated rings. The maximum atomic E-state index is 5.31. The zero-order valence-corrected chi connectivity index (χ0v) is 22.1. The lowest BCUT2D eigenvalue weighted by atomic mass is 9.92. The molecule has 0 spiro atoms. The van der Waals surface area contributed by atoms with E-state index in [1.807, 2.05) is 0 Å². The molecule has 0 saturated heterocycles. The molecular weight excluding hydrogens is 488 g/mol. The van der Waals surface area contributed by atoms with Crippen LogP contribution in [0.3, 0.4) is 0 Å². The second-order valence-electron chi connectivity index (χ2n) is 11.6. The van der Waals surface area contributed by atoms with Gasteiger partial charge in [-0.3, -0.25) is 4.99 Å². The Kier molecular flexibility index (Phi) is 4.79. The van der Waals surface area contributed by atoms with Gasteiger partial charge < -0.3 is 16.0 Å². The van der Waals surface area contributed by atoms with Crippen molar-refractivity contribution >= 4 is 17.1 Å². The maximum Gasteiger partial charge on any atom is 0.0967 e. The van der Waals surface area contributed by atoms with Crippen LogP contribution in [-0.2, 0) is 0 Å². The first kappa shape index (κ1) is 22.4. The highest BCUT2D eigenvalue weighted by molar-refractivity contribution is 6.15. The Labute approximate surface area is 234 Å². The summed E-state index contributed by atoms with van der Waals surface area (Å²) in [5.74, 6) is 0.